The number of nitrogens with one attached hydrogen (secondary N) is 1. The van der Waals surface area contributed by atoms with E-state index >= 15 is 4.39 Å². The number of rotatable bonds is 9. The number of hydrogen-bond donors (Lipinski definition) is 1. The van der Waals surface area contributed by atoms with Gasteiger partial charge in [0, 0.05) is 35.0 Å². The van der Waals surface area contributed by atoms with E-state index in [1.54, 1.807) is 23.6 Å². The highest BCUT2D eigenvalue weighted by molar-refractivity contribution is 7.93. The third-order valence-corrected chi connectivity index (χ3v) is 8.50. The molecule has 0 fully saturated rings. The van der Waals surface area contributed by atoms with Crippen LogP contribution in [0.5, 0.6) is 11.5 Å². The fourth-order valence-corrected chi connectivity index (χ4v) is 6.19. The molecule has 39 heavy (non-hydrogen) atoms. The fourth-order valence-electron chi connectivity index (χ4n) is 3.57. The Bertz CT molecular complexity index is 1570. The third-order valence-electron chi connectivity index (χ3n) is 5.52. The highest BCUT2D eigenvalue weighted by Crippen LogP contribution is 2.36. The van der Waals surface area contributed by atoms with Crippen molar-refractivity contribution in [1.29, 1.82) is 0 Å². The summed E-state index contributed by atoms with van der Waals surface area (Å²) in [6.45, 7) is -0.244. The lowest BCUT2D eigenvalue weighted by atomic mass is 10.2. The fraction of sp³-hybridized carbons (Fsp3) is 0.160. The second kappa shape index (κ2) is 11.3. The van der Waals surface area contributed by atoms with Crippen molar-refractivity contribution in [2.24, 2.45) is 0 Å². The molecule has 0 aliphatic heterocycles. The quantitative estimate of drug-likeness (QED) is 0.206. The molecule has 1 aromatic heterocycles. The van der Waals surface area contributed by atoms with Crippen molar-refractivity contribution in [3.05, 3.63) is 88.1 Å². The van der Waals surface area contributed by atoms with E-state index in [4.69, 9.17) is 21.1 Å². The molecule has 0 bridgehead atoms. The maximum Gasteiger partial charge on any atom is 0.416 e. The van der Waals surface area contributed by atoms with Gasteiger partial charge in [0.15, 0.2) is 5.13 Å². The lowest BCUT2D eigenvalue weighted by molar-refractivity contribution is -0.137. The molecular weight excluding hydrogens is 582 g/mol. The van der Waals surface area contributed by atoms with Gasteiger partial charge < -0.3 is 14.8 Å². The van der Waals surface area contributed by atoms with E-state index in [1.807, 2.05) is 0 Å². The molecule has 1 heterocycles. The smallest absolute Gasteiger partial charge is 0.416 e. The highest BCUT2D eigenvalue weighted by atomic mass is 35.5. The molecule has 0 aliphatic rings. The molecule has 0 amide bonds. The standard InChI is InChI=1S/C25H20ClF4N3O4S2/c1-36-18-8-3-15(22(11-18)37-2)14-33(24-31-9-10-38-24)39(34,35)23-12-19(26)21(13-20(23)27)32-17-6-4-16(5-7-17)25(28,29)30/h3-13,32H,14H2,1-2H3. The molecule has 0 saturated heterocycles. The van der Waals surface area contributed by atoms with Crippen LogP contribution in [0.2, 0.25) is 5.02 Å². The van der Waals surface area contributed by atoms with Gasteiger partial charge in [-0.1, -0.05) is 11.6 Å². The van der Waals surface area contributed by atoms with Crippen molar-refractivity contribution in [2.75, 3.05) is 23.8 Å². The molecule has 1 N–H and O–H groups in total. The molecule has 14 heteroatoms. The first-order valence-corrected chi connectivity index (χ1v) is 13.7. The molecule has 206 valence electrons. The van der Waals surface area contributed by atoms with Crippen LogP contribution < -0.4 is 19.1 Å². The van der Waals surface area contributed by atoms with Crippen LogP contribution >= 0.6 is 22.9 Å². The first-order valence-electron chi connectivity index (χ1n) is 11.0. The van der Waals surface area contributed by atoms with Gasteiger partial charge in [0.2, 0.25) is 0 Å². The zero-order valence-corrected chi connectivity index (χ0v) is 22.7. The number of benzene rings is 3. The number of halogens is 5. The first-order chi connectivity index (χ1) is 18.4. The van der Waals surface area contributed by atoms with Gasteiger partial charge in [0.25, 0.3) is 10.0 Å². The summed E-state index contributed by atoms with van der Waals surface area (Å²) < 4.78 is 92.8. The molecule has 4 aromatic rings. The summed E-state index contributed by atoms with van der Waals surface area (Å²) in [7, 11) is -1.65. The Balaban J connectivity index is 1.69. The van der Waals surface area contributed by atoms with E-state index < -0.39 is 32.5 Å². The van der Waals surface area contributed by atoms with Gasteiger partial charge in [-0.15, -0.1) is 11.3 Å². The number of thiazole rings is 1. The summed E-state index contributed by atoms with van der Waals surface area (Å²) in [6, 6.07) is 10.6. The lowest BCUT2D eigenvalue weighted by Crippen LogP contribution is -2.31. The van der Waals surface area contributed by atoms with E-state index in [9.17, 15) is 21.6 Å². The van der Waals surface area contributed by atoms with E-state index in [0.29, 0.717) is 17.1 Å². The Morgan fingerprint density at radius 3 is 2.36 bits per heavy atom. The summed E-state index contributed by atoms with van der Waals surface area (Å²) in [6.07, 6.45) is -3.11. The summed E-state index contributed by atoms with van der Waals surface area (Å²) in [4.78, 5) is 3.38. The van der Waals surface area contributed by atoms with Crippen LogP contribution in [-0.4, -0.2) is 27.6 Å². The van der Waals surface area contributed by atoms with E-state index in [2.05, 4.69) is 10.3 Å². The number of anilines is 3. The molecule has 0 aliphatic carbocycles. The topological polar surface area (TPSA) is 80.8 Å². The minimum absolute atomic E-state index is 0.0366. The number of sulfonamides is 1. The first kappa shape index (κ1) is 28.5. The zero-order valence-electron chi connectivity index (χ0n) is 20.3. The summed E-state index contributed by atoms with van der Waals surface area (Å²) >= 11 is 7.33. The number of nitrogens with zero attached hydrogens (tertiary/aromatic N) is 2. The number of methoxy groups -OCH3 is 2. The highest BCUT2D eigenvalue weighted by Gasteiger charge is 2.32. The normalized spacial score (nSPS) is 11.8. The van der Waals surface area contributed by atoms with Crippen LogP contribution in [-0.2, 0) is 22.7 Å². The van der Waals surface area contributed by atoms with Gasteiger partial charge in [-0.05, 0) is 42.5 Å². The summed E-state index contributed by atoms with van der Waals surface area (Å²) in [5, 5.41) is 4.19. The predicted molar refractivity (Wildman–Crippen MR) is 141 cm³/mol. The largest absolute Gasteiger partial charge is 0.497 e. The van der Waals surface area contributed by atoms with Crippen LogP contribution in [0.4, 0.5) is 34.1 Å². The monoisotopic (exact) mass is 601 g/mol. The molecule has 0 spiro atoms. The average molecular weight is 602 g/mol. The number of alkyl halides is 3. The summed E-state index contributed by atoms with van der Waals surface area (Å²) in [5.74, 6) is -0.286. The number of aromatic nitrogens is 1. The van der Waals surface area contributed by atoms with Gasteiger partial charge in [-0.25, -0.2) is 22.1 Å². The minimum atomic E-state index is -4.55. The Morgan fingerprint density at radius 1 is 1.05 bits per heavy atom. The van der Waals surface area contributed by atoms with E-state index in [0.717, 1.165) is 52.0 Å². The summed E-state index contributed by atoms with van der Waals surface area (Å²) in [5.41, 5.74) is -0.242. The van der Waals surface area contributed by atoms with Crippen molar-refractivity contribution in [1.82, 2.24) is 4.98 Å². The van der Waals surface area contributed by atoms with Crippen molar-refractivity contribution in [2.45, 2.75) is 17.6 Å². The Kier molecular flexibility index (Phi) is 8.23. The lowest BCUT2D eigenvalue weighted by Gasteiger charge is -2.23. The molecule has 0 unspecified atom stereocenters. The minimum Gasteiger partial charge on any atom is -0.497 e. The SMILES string of the molecule is COc1ccc(CN(c2nccs2)S(=O)(=O)c2cc(Cl)c(Nc3ccc(C(F)(F)F)cc3)cc2F)c(OC)c1. The zero-order chi connectivity index (χ0) is 28.4. The van der Waals surface area contributed by atoms with Gasteiger partial charge >= 0.3 is 6.18 Å². The molecular formula is C25H20ClF4N3O4S2. The molecule has 7 nitrogen and oxygen atoms in total. The van der Waals surface area contributed by atoms with Gasteiger partial charge in [0.05, 0.1) is 37.0 Å². The molecule has 0 atom stereocenters. The van der Waals surface area contributed by atoms with Crippen molar-refractivity contribution >= 4 is 49.5 Å². The Labute approximate surface area is 230 Å². The van der Waals surface area contributed by atoms with Gasteiger partial charge in [0.1, 0.15) is 22.2 Å². The van der Waals surface area contributed by atoms with Gasteiger partial charge in [-0.2, -0.15) is 13.2 Å². The molecule has 4 rings (SSSR count). The average Bonchev–Trinajstić information content (AvgIpc) is 3.43. The Hall–Kier alpha value is -3.55. The maximum absolute atomic E-state index is 15.3. The molecule has 0 saturated carbocycles. The Morgan fingerprint density at radius 2 is 1.77 bits per heavy atom. The van der Waals surface area contributed by atoms with Crippen LogP contribution in [0.1, 0.15) is 11.1 Å². The predicted octanol–water partition coefficient (Wildman–Crippen LogP) is 7.11. The van der Waals surface area contributed by atoms with Crippen molar-refractivity contribution in [3.8, 4) is 11.5 Å². The van der Waals surface area contributed by atoms with E-state index in [-0.39, 0.29) is 28.1 Å². The van der Waals surface area contributed by atoms with Crippen molar-refractivity contribution < 1.29 is 35.5 Å². The number of hydrogen-bond acceptors (Lipinski definition) is 7. The maximum atomic E-state index is 15.3. The second-order valence-corrected chi connectivity index (χ2v) is 11.1. The van der Waals surface area contributed by atoms with Crippen molar-refractivity contribution in [3.63, 3.8) is 0 Å². The number of ether oxygens (including phenoxy) is 2. The van der Waals surface area contributed by atoms with Crippen LogP contribution in [0.3, 0.4) is 0 Å². The second-order valence-electron chi connectivity index (χ2n) is 7.97. The van der Waals surface area contributed by atoms with Crippen LogP contribution in [0.25, 0.3) is 0 Å². The molecule has 3 aromatic carbocycles. The van der Waals surface area contributed by atoms with E-state index in [1.165, 1.54) is 20.4 Å². The van der Waals surface area contributed by atoms with Crippen LogP contribution in [0.15, 0.2) is 71.1 Å². The van der Waals surface area contributed by atoms with Gasteiger partial charge in [-0.3, -0.25) is 0 Å². The molecule has 0 radical (unpaired) electrons. The van der Waals surface area contributed by atoms with Crippen LogP contribution in [0, 0.1) is 5.82 Å². The third kappa shape index (κ3) is 6.21.